The van der Waals surface area contributed by atoms with Gasteiger partial charge in [0.15, 0.2) is 0 Å². The monoisotopic (exact) mass is 420 g/mol. The van der Waals surface area contributed by atoms with Gasteiger partial charge >= 0.3 is 0 Å². The summed E-state index contributed by atoms with van der Waals surface area (Å²) in [5.74, 6) is 0. The lowest BCUT2D eigenvalue weighted by molar-refractivity contribution is 0.169. The number of anilines is 1. The Bertz CT molecular complexity index is 437. The number of fused-ring (bicyclic) bond motifs is 2. The number of halogens is 2. The number of benzene rings is 1. The van der Waals surface area contributed by atoms with Gasteiger partial charge in [0.25, 0.3) is 0 Å². The number of hydrogen-bond acceptors (Lipinski definition) is 2. The highest BCUT2D eigenvalue weighted by Crippen LogP contribution is 2.36. The summed E-state index contributed by atoms with van der Waals surface area (Å²) in [6.07, 6.45) is 5.33. The lowest BCUT2D eigenvalue weighted by Gasteiger charge is -2.37. The first-order valence-corrected chi connectivity index (χ1v) is 8.44. The van der Waals surface area contributed by atoms with Crippen LogP contribution in [0.1, 0.15) is 25.7 Å². The molecule has 98 valence electrons. The van der Waals surface area contributed by atoms with Crippen LogP contribution in [0.15, 0.2) is 22.7 Å². The molecule has 2 fully saturated rings. The van der Waals surface area contributed by atoms with Gasteiger partial charge in [0, 0.05) is 31.9 Å². The summed E-state index contributed by atoms with van der Waals surface area (Å²) >= 11 is 6.00. The summed E-state index contributed by atoms with van der Waals surface area (Å²) in [7, 11) is 2.29. The number of hydrogen-bond donors (Lipinski definition) is 1. The Morgan fingerprint density at radius 3 is 2.56 bits per heavy atom. The van der Waals surface area contributed by atoms with Crippen LogP contribution in [-0.2, 0) is 0 Å². The average Bonchev–Trinajstić information content (AvgIpc) is 2.57. The lowest BCUT2D eigenvalue weighted by atomic mass is 9.98. The fraction of sp³-hybridized carbons (Fsp3) is 0.571. The molecular weight excluding hydrogens is 403 g/mol. The minimum absolute atomic E-state index is 0.634. The summed E-state index contributed by atoms with van der Waals surface area (Å²) in [4.78, 5) is 2.58. The molecule has 1 aromatic carbocycles. The Balaban J connectivity index is 1.70. The van der Waals surface area contributed by atoms with Gasteiger partial charge in [0.2, 0.25) is 0 Å². The molecule has 4 heteroatoms. The molecule has 2 unspecified atom stereocenters. The highest BCUT2D eigenvalue weighted by molar-refractivity contribution is 14.1. The number of nitrogens with one attached hydrogen (secondary N) is 1. The summed E-state index contributed by atoms with van der Waals surface area (Å²) in [5.41, 5.74) is 1.24. The molecule has 1 N–H and O–H groups in total. The molecule has 2 saturated heterocycles. The topological polar surface area (TPSA) is 15.3 Å². The van der Waals surface area contributed by atoms with E-state index in [0.717, 1.165) is 12.1 Å². The number of nitrogens with zero attached hydrogens (tertiary/aromatic N) is 1. The molecule has 2 atom stereocenters. The van der Waals surface area contributed by atoms with Crippen molar-refractivity contribution >= 4 is 44.2 Å². The molecule has 3 rings (SSSR count). The maximum absolute atomic E-state index is 3.72. The fourth-order valence-corrected chi connectivity index (χ4v) is 4.77. The molecule has 2 bridgehead atoms. The van der Waals surface area contributed by atoms with Gasteiger partial charge in [0.1, 0.15) is 0 Å². The van der Waals surface area contributed by atoms with Gasteiger partial charge in [-0.05, 0) is 89.5 Å². The van der Waals surface area contributed by atoms with E-state index in [1.54, 1.807) is 0 Å². The molecule has 1 aromatic rings. The zero-order chi connectivity index (χ0) is 12.7. The second-order valence-electron chi connectivity index (χ2n) is 5.49. The summed E-state index contributed by atoms with van der Waals surface area (Å²) in [6, 6.07) is 8.75. The third kappa shape index (κ3) is 2.56. The predicted octanol–water partition coefficient (Wildman–Crippen LogP) is 4.09. The van der Waals surface area contributed by atoms with Crippen LogP contribution in [0, 0.1) is 3.57 Å². The minimum atomic E-state index is 0.634. The van der Waals surface area contributed by atoms with Crippen molar-refractivity contribution in [3.63, 3.8) is 0 Å². The maximum Gasteiger partial charge on any atom is 0.0487 e. The zero-order valence-corrected chi connectivity index (χ0v) is 14.2. The highest BCUT2D eigenvalue weighted by Gasteiger charge is 2.38. The number of rotatable bonds is 2. The third-order valence-electron chi connectivity index (χ3n) is 4.39. The van der Waals surface area contributed by atoms with E-state index in [4.69, 9.17) is 0 Å². The van der Waals surface area contributed by atoms with Crippen LogP contribution in [-0.4, -0.2) is 30.1 Å². The fourth-order valence-electron chi connectivity index (χ4n) is 3.36. The van der Waals surface area contributed by atoms with Crippen molar-refractivity contribution in [3.8, 4) is 0 Å². The first kappa shape index (κ1) is 13.2. The molecule has 0 spiro atoms. The Kier molecular flexibility index (Phi) is 3.87. The third-order valence-corrected chi connectivity index (χ3v) is 5.72. The van der Waals surface area contributed by atoms with Gasteiger partial charge in [-0.3, -0.25) is 0 Å². The lowest BCUT2D eigenvalue weighted by Crippen LogP contribution is -2.44. The van der Waals surface area contributed by atoms with Crippen molar-refractivity contribution in [3.05, 3.63) is 26.2 Å². The Hall–Kier alpha value is 0.190. The Morgan fingerprint density at radius 2 is 1.94 bits per heavy atom. The van der Waals surface area contributed by atoms with Crippen LogP contribution >= 0.6 is 38.5 Å². The van der Waals surface area contributed by atoms with E-state index in [0.29, 0.717) is 6.04 Å². The van der Waals surface area contributed by atoms with Gasteiger partial charge in [-0.25, -0.2) is 0 Å². The molecular formula is C14H18BrIN2. The zero-order valence-electron chi connectivity index (χ0n) is 10.5. The molecule has 2 aliphatic rings. The standard InChI is InChI=1S/C14H18BrIN2/c1-18-11-3-4-12(18)8-10(7-11)17-14-5-2-9(16)6-13(14)15/h2,5-6,10-12,17H,3-4,7-8H2,1H3. The van der Waals surface area contributed by atoms with Gasteiger partial charge < -0.3 is 10.2 Å². The van der Waals surface area contributed by atoms with Crippen molar-refractivity contribution < 1.29 is 0 Å². The smallest absolute Gasteiger partial charge is 0.0487 e. The van der Waals surface area contributed by atoms with E-state index in [1.807, 2.05) is 0 Å². The molecule has 2 nitrogen and oxygen atoms in total. The molecule has 18 heavy (non-hydrogen) atoms. The van der Waals surface area contributed by atoms with Crippen LogP contribution in [0.3, 0.4) is 0 Å². The van der Waals surface area contributed by atoms with Gasteiger partial charge in [-0.2, -0.15) is 0 Å². The molecule has 0 amide bonds. The summed E-state index contributed by atoms with van der Waals surface area (Å²) in [5, 5.41) is 3.72. The first-order valence-electron chi connectivity index (χ1n) is 6.57. The maximum atomic E-state index is 3.72. The number of piperidine rings is 1. The van der Waals surface area contributed by atoms with Crippen LogP contribution in [0.25, 0.3) is 0 Å². The van der Waals surface area contributed by atoms with Crippen molar-refractivity contribution in [2.75, 3.05) is 12.4 Å². The van der Waals surface area contributed by atoms with Crippen molar-refractivity contribution in [2.45, 2.75) is 43.8 Å². The van der Waals surface area contributed by atoms with Gasteiger partial charge in [0.05, 0.1) is 0 Å². The van der Waals surface area contributed by atoms with Crippen LogP contribution in [0.4, 0.5) is 5.69 Å². The summed E-state index contributed by atoms with van der Waals surface area (Å²) < 4.78 is 2.45. The normalized spacial score (nSPS) is 31.6. The summed E-state index contributed by atoms with van der Waals surface area (Å²) in [6.45, 7) is 0. The van der Waals surface area contributed by atoms with E-state index < -0.39 is 0 Å². The van der Waals surface area contributed by atoms with Crippen LogP contribution < -0.4 is 5.32 Å². The van der Waals surface area contributed by atoms with E-state index in [2.05, 4.69) is 74.0 Å². The molecule has 2 heterocycles. The van der Waals surface area contributed by atoms with E-state index in [9.17, 15) is 0 Å². The van der Waals surface area contributed by atoms with Crippen molar-refractivity contribution in [1.82, 2.24) is 4.90 Å². The van der Waals surface area contributed by atoms with Crippen LogP contribution in [0.2, 0.25) is 0 Å². The minimum Gasteiger partial charge on any atom is -0.381 e. The SMILES string of the molecule is CN1C2CCC1CC(Nc1ccc(I)cc1Br)C2. The highest BCUT2D eigenvalue weighted by atomic mass is 127. The molecule has 0 aliphatic carbocycles. The van der Waals surface area contributed by atoms with Crippen molar-refractivity contribution in [2.24, 2.45) is 0 Å². The average molecular weight is 421 g/mol. The van der Waals surface area contributed by atoms with E-state index in [1.165, 1.54) is 39.4 Å². The Labute approximate surface area is 131 Å². The molecule has 0 radical (unpaired) electrons. The van der Waals surface area contributed by atoms with Gasteiger partial charge in [-0.15, -0.1) is 0 Å². The van der Waals surface area contributed by atoms with Crippen LogP contribution in [0.5, 0.6) is 0 Å². The second-order valence-corrected chi connectivity index (χ2v) is 7.59. The van der Waals surface area contributed by atoms with Gasteiger partial charge in [-0.1, -0.05) is 0 Å². The predicted molar refractivity (Wildman–Crippen MR) is 88.1 cm³/mol. The molecule has 0 saturated carbocycles. The second kappa shape index (κ2) is 5.29. The van der Waals surface area contributed by atoms with E-state index in [-0.39, 0.29) is 0 Å². The van der Waals surface area contributed by atoms with Crippen molar-refractivity contribution in [1.29, 1.82) is 0 Å². The largest absolute Gasteiger partial charge is 0.381 e. The molecule has 2 aliphatic heterocycles. The van der Waals surface area contributed by atoms with E-state index >= 15 is 0 Å². The quantitative estimate of drug-likeness (QED) is 0.725. The first-order chi connectivity index (χ1) is 8.63. The molecule has 0 aromatic heterocycles. The Morgan fingerprint density at radius 1 is 1.28 bits per heavy atom.